The van der Waals surface area contributed by atoms with E-state index in [1.807, 2.05) is 56.3 Å². The van der Waals surface area contributed by atoms with E-state index in [0.29, 0.717) is 22.8 Å². The lowest BCUT2D eigenvalue weighted by molar-refractivity contribution is 0.280. The molecule has 0 fully saturated rings. The highest BCUT2D eigenvalue weighted by molar-refractivity contribution is 5.55. The van der Waals surface area contributed by atoms with Crippen molar-refractivity contribution >= 4 is 11.7 Å². The maximum atomic E-state index is 12.2. The molecule has 0 aliphatic rings. The van der Waals surface area contributed by atoms with E-state index in [4.69, 9.17) is 9.47 Å². The first-order chi connectivity index (χ1) is 12.1. The molecule has 0 atom stereocenters. The second-order valence-electron chi connectivity index (χ2n) is 5.72. The summed E-state index contributed by atoms with van der Waals surface area (Å²) in [5.74, 6) is 1.26. The summed E-state index contributed by atoms with van der Waals surface area (Å²) < 4.78 is 12.7. The molecule has 0 aliphatic carbocycles. The van der Waals surface area contributed by atoms with E-state index >= 15 is 0 Å². The van der Waals surface area contributed by atoms with Crippen molar-refractivity contribution in [3.8, 4) is 11.5 Å². The quantitative estimate of drug-likeness (QED) is 0.714. The van der Waals surface area contributed by atoms with E-state index in [2.05, 4.69) is 4.98 Å². The van der Waals surface area contributed by atoms with E-state index in [0.717, 1.165) is 11.1 Å². The number of methoxy groups -OCH3 is 1. The smallest absolute Gasteiger partial charge is 0.258 e. The van der Waals surface area contributed by atoms with E-state index in [9.17, 15) is 4.79 Å². The van der Waals surface area contributed by atoms with Crippen LogP contribution in [0.3, 0.4) is 0 Å². The third kappa shape index (κ3) is 3.71. The Morgan fingerprint density at radius 2 is 2.00 bits per heavy atom. The van der Waals surface area contributed by atoms with Gasteiger partial charge in [-0.25, -0.2) is 4.98 Å². The van der Waals surface area contributed by atoms with Crippen LogP contribution in [0, 0.1) is 6.92 Å². The van der Waals surface area contributed by atoms with Crippen LogP contribution in [-0.2, 0) is 6.61 Å². The van der Waals surface area contributed by atoms with Gasteiger partial charge in [-0.15, -0.1) is 0 Å². The lowest BCUT2D eigenvalue weighted by Crippen LogP contribution is -2.16. The third-order valence-corrected chi connectivity index (χ3v) is 3.80. The molecular formula is C20H20N2O3. The third-order valence-electron chi connectivity index (χ3n) is 3.80. The molecule has 5 nitrogen and oxygen atoms in total. The van der Waals surface area contributed by atoms with Crippen LogP contribution in [0.4, 0.5) is 0 Å². The SMILES string of the molecule is CC=Cc1ccc(OCc2cc(=O)n3ccc(C)cc3n2)c(OC)c1. The first-order valence-electron chi connectivity index (χ1n) is 8.03. The van der Waals surface area contributed by atoms with Gasteiger partial charge in [-0.2, -0.15) is 0 Å². The highest BCUT2D eigenvalue weighted by Gasteiger charge is 2.08. The molecule has 3 aromatic rings. The van der Waals surface area contributed by atoms with Gasteiger partial charge in [0.1, 0.15) is 12.3 Å². The fourth-order valence-electron chi connectivity index (χ4n) is 2.58. The first kappa shape index (κ1) is 16.8. The molecule has 0 radical (unpaired) electrons. The molecule has 0 saturated heterocycles. The molecule has 25 heavy (non-hydrogen) atoms. The van der Waals surface area contributed by atoms with E-state index in [1.54, 1.807) is 13.3 Å². The molecule has 0 saturated carbocycles. The number of aryl methyl sites for hydroxylation is 1. The van der Waals surface area contributed by atoms with Crippen molar-refractivity contribution in [2.45, 2.75) is 20.5 Å². The van der Waals surface area contributed by atoms with Crippen LogP contribution < -0.4 is 15.0 Å². The molecule has 0 unspecified atom stereocenters. The monoisotopic (exact) mass is 336 g/mol. The second kappa shape index (κ2) is 7.21. The van der Waals surface area contributed by atoms with Crippen LogP contribution in [0.5, 0.6) is 11.5 Å². The van der Waals surface area contributed by atoms with E-state index in [1.165, 1.54) is 10.5 Å². The topological polar surface area (TPSA) is 52.8 Å². The standard InChI is InChI=1S/C20H20N2O3/c1-4-5-15-6-7-17(18(11-15)24-3)25-13-16-12-20(23)22-9-8-14(2)10-19(22)21-16/h4-12H,13H2,1-3H3. The number of fused-ring (bicyclic) bond motifs is 1. The van der Waals surface area contributed by atoms with Gasteiger partial charge in [0.05, 0.1) is 12.8 Å². The summed E-state index contributed by atoms with van der Waals surface area (Å²) in [6, 6.07) is 10.9. The van der Waals surface area contributed by atoms with Gasteiger partial charge in [0.15, 0.2) is 11.5 Å². The van der Waals surface area contributed by atoms with Gasteiger partial charge in [0.25, 0.3) is 5.56 Å². The molecule has 0 spiro atoms. The molecule has 3 rings (SSSR count). The van der Waals surface area contributed by atoms with Crippen molar-refractivity contribution in [1.82, 2.24) is 9.38 Å². The summed E-state index contributed by atoms with van der Waals surface area (Å²) in [5, 5.41) is 0. The van der Waals surface area contributed by atoms with Crippen LogP contribution in [0.2, 0.25) is 0 Å². The maximum absolute atomic E-state index is 12.2. The number of ether oxygens (including phenoxy) is 2. The van der Waals surface area contributed by atoms with Crippen molar-refractivity contribution in [2.75, 3.05) is 7.11 Å². The zero-order valence-electron chi connectivity index (χ0n) is 14.5. The Kier molecular flexibility index (Phi) is 4.84. The van der Waals surface area contributed by atoms with Crippen LogP contribution >= 0.6 is 0 Å². The van der Waals surface area contributed by atoms with Crippen molar-refractivity contribution in [1.29, 1.82) is 0 Å². The molecule has 0 amide bonds. The minimum Gasteiger partial charge on any atom is -0.493 e. The van der Waals surface area contributed by atoms with Crippen molar-refractivity contribution < 1.29 is 9.47 Å². The summed E-state index contributed by atoms with van der Waals surface area (Å²) in [7, 11) is 1.60. The number of nitrogens with zero attached hydrogens (tertiary/aromatic N) is 2. The lowest BCUT2D eigenvalue weighted by atomic mass is 10.2. The summed E-state index contributed by atoms with van der Waals surface area (Å²) in [4.78, 5) is 16.7. The minimum atomic E-state index is -0.126. The number of pyridine rings is 1. The Hall–Kier alpha value is -3.08. The van der Waals surface area contributed by atoms with Gasteiger partial charge in [-0.3, -0.25) is 9.20 Å². The molecule has 0 bridgehead atoms. The van der Waals surface area contributed by atoms with Gasteiger partial charge < -0.3 is 9.47 Å². The molecular weight excluding hydrogens is 316 g/mol. The molecule has 2 heterocycles. The molecule has 128 valence electrons. The zero-order valence-corrected chi connectivity index (χ0v) is 14.5. The Labute approximate surface area is 146 Å². The molecule has 1 aromatic carbocycles. The Bertz CT molecular complexity index is 990. The minimum absolute atomic E-state index is 0.126. The van der Waals surface area contributed by atoms with Crippen molar-refractivity contribution in [2.24, 2.45) is 0 Å². The Morgan fingerprint density at radius 1 is 1.16 bits per heavy atom. The number of benzene rings is 1. The van der Waals surface area contributed by atoms with Gasteiger partial charge in [0.2, 0.25) is 0 Å². The van der Waals surface area contributed by atoms with Crippen LogP contribution in [0.15, 0.2) is 53.5 Å². The average molecular weight is 336 g/mol. The molecule has 5 heteroatoms. The normalized spacial score (nSPS) is 11.2. The Balaban J connectivity index is 1.86. The first-order valence-corrected chi connectivity index (χ1v) is 8.03. The number of hydrogen-bond acceptors (Lipinski definition) is 4. The summed E-state index contributed by atoms with van der Waals surface area (Å²) in [6.07, 6.45) is 5.68. The zero-order chi connectivity index (χ0) is 17.8. The summed E-state index contributed by atoms with van der Waals surface area (Å²) in [6.45, 7) is 4.12. The van der Waals surface area contributed by atoms with E-state index in [-0.39, 0.29) is 12.2 Å². The largest absolute Gasteiger partial charge is 0.493 e. The van der Waals surface area contributed by atoms with Gasteiger partial charge in [0, 0.05) is 12.3 Å². The maximum Gasteiger partial charge on any atom is 0.258 e. The molecule has 0 aliphatic heterocycles. The second-order valence-corrected chi connectivity index (χ2v) is 5.72. The predicted molar refractivity (Wildman–Crippen MR) is 98.2 cm³/mol. The van der Waals surface area contributed by atoms with Crippen LogP contribution in [-0.4, -0.2) is 16.5 Å². The van der Waals surface area contributed by atoms with Gasteiger partial charge in [-0.05, 0) is 49.2 Å². The van der Waals surface area contributed by atoms with E-state index < -0.39 is 0 Å². The van der Waals surface area contributed by atoms with Gasteiger partial charge in [-0.1, -0.05) is 18.2 Å². The summed E-state index contributed by atoms with van der Waals surface area (Å²) in [5.41, 5.74) is 3.14. The van der Waals surface area contributed by atoms with Crippen molar-refractivity contribution in [3.63, 3.8) is 0 Å². The van der Waals surface area contributed by atoms with Crippen LogP contribution in [0.25, 0.3) is 11.7 Å². The highest BCUT2D eigenvalue weighted by atomic mass is 16.5. The Morgan fingerprint density at radius 3 is 2.76 bits per heavy atom. The lowest BCUT2D eigenvalue weighted by Gasteiger charge is -2.11. The van der Waals surface area contributed by atoms with Crippen LogP contribution in [0.1, 0.15) is 23.7 Å². The average Bonchev–Trinajstić information content (AvgIpc) is 2.60. The fourth-order valence-corrected chi connectivity index (χ4v) is 2.58. The molecule has 2 aromatic heterocycles. The predicted octanol–water partition coefficient (Wildman–Crippen LogP) is 3.62. The van der Waals surface area contributed by atoms with Gasteiger partial charge >= 0.3 is 0 Å². The summed E-state index contributed by atoms with van der Waals surface area (Å²) >= 11 is 0. The highest BCUT2D eigenvalue weighted by Crippen LogP contribution is 2.29. The molecule has 0 N–H and O–H groups in total. The number of allylic oxidation sites excluding steroid dienone is 1. The fraction of sp³-hybridized carbons (Fsp3) is 0.200. The van der Waals surface area contributed by atoms with Crippen molar-refractivity contribution in [3.05, 3.63) is 75.8 Å². The number of rotatable bonds is 5. The number of aromatic nitrogens is 2. The number of hydrogen-bond donors (Lipinski definition) is 0.